The van der Waals surface area contributed by atoms with Crippen molar-refractivity contribution in [1.82, 2.24) is 15.1 Å². The van der Waals surface area contributed by atoms with Crippen molar-refractivity contribution in [3.8, 4) is 11.8 Å². The van der Waals surface area contributed by atoms with Crippen molar-refractivity contribution in [2.45, 2.75) is 32.2 Å². The minimum Gasteiger partial charge on any atom is -0.395 e. The fourth-order valence-corrected chi connectivity index (χ4v) is 4.44. The van der Waals surface area contributed by atoms with Crippen LogP contribution in [0.1, 0.15) is 46.4 Å². The molecule has 1 amide bonds. The minimum atomic E-state index is -0.537. The summed E-state index contributed by atoms with van der Waals surface area (Å²) in [5, 5.41) is 17.2. The molecule has 1 fully saturated rings. The average Bonchev–Trinajstić information content (AvgIpc) is 2.86. The summed E-state index contributed by atoms with van der Waals surface area (Å²) in [6.45, 7) is 1.69. The van der Waals surface area contributed by atoms with Gasteiger partial charge in [0.25, 0.3) is 5.91 Å². The number of ether oxygens (including phenoxy) is 1. The number of aromatic nitrogens is 2. The summed E-state index contributed by atoms with van der Waals surface area (Å²) in [5.74, 6) is 5.97. The van der Waals surface area contributed by atoms with Gasteiger partial charge in [-0.25, -0.2) is 0 Å². The van der Waals surface area contributed by atoms with E-state index in [1.165, 1.54) is 4.68 Å². The van der Waals surface area contributed by atoms with Crippen LogP contribution in [0, 0.1) is 17.8 Å². The van der Waals surface area contributed by atoms with E-state index in [1.807, 2.05) is 24.3 Å². The first kappa shape index (κ1) is 24.9. The zero-order valence-corrected chi connectivity index (χ0v) is 20.4. The van der Waals surface area contributed by atoms with Crippen LogP contribution in [0.15, 0.2) is 41.2 Å². The molecular weight excluding hydrogens is 466 g/mol. The van der Waals surface area contributed by atoms with Crippen LogP contribution >= 0.6 is 11.6 Å². The molecule has 0 radical (unpaired) electrons. The number of aliphatic hydroxyl groups excluding tert-OH is 1. The number of benzene rings is 2. The molecular formula is C27H28ClN3O4. The average molecular weight is 494 g/mol. The maximum atomic E-state index is 13.4. The second kappa shape index (κ2) is 11.5. The molecule has 7 nitrogen and oxygen atoms in total. The highest BCUT2D eigenvalue weighted by Crippen LogP contribution is 2.24. The summed E-state index contributed by atoms with van der Waals surface area (Å²) in [6, 6.07) is 11.0. The van der Waals surface area contributed by atoms with Gasteiger partial charge in [-0.1, -0.05) is 35.6 Å². The quantitative estimate of drug-likeness (QED) is 0.514. The molecule has 8 heteroatoms. The summed E-state index contributed by atoms with van der Waals surface area (Å²) >= 11 is 5.92. The third-order valence-corrected chi connectivity index (χ3v) is 6.36. The Morgan fingerprint density at radius 1 is 1.23 bits per heavy atom. The van der Waals surface area contributed by atoms with Gasteiger partial charge in [0.2, 0.25) is 5.43 Å². The second-order valence-corrected chi connectivity index (χ2v) is 9.12. The van der Waals surface area contributed by atoms with E-state index in [-0.39, 0.29) is 18.8 Å². The highest BCUT2D eigenvalue weighted by Gasteiger charge is 2.20. The van der Waals surface area contributed by atoms with Crippen LogP contribution in [0.5, 0.6) is 0 Å². The lowest BCUT2D eigenvalue weighted by Gasteiger charge is -2.22. The molecule has 35 heavy (non-hydrogen) atoms. The number of fused-ring (bicyclic) bond motifs is 1. The largest absolute Gasteiger partial charge is 0.395 e. The number of rotatable bonds is 6. The molecule has 0 atom stereocenters. The van der Waals surface area contributed by atoms with E-state index in [0.29, 0.717) is 33.8 Å². The number of carbonyl (C=O) groups is 1. The molecule has 1 aliphatic rings. The Morgan fingerprint density at radius 2 is 1.97 bits per heavy atom. The summed E-state index contributed by atoms with van der Waals surface area (Å²) in [7, 11) is 1.70. The van der Waals surface area contributed by atoms with E-state index in [2.05, 4.69) is 22.3 Å². The van der Waals surface area contributed by atoms with Gasteiger partial charge in [-0.2, -0.15) is 5.10 Å². The first-order chi connectivity index (χ1) is 17.0. The Bertz CT molecular complexity index is 1330. The zero-order chi connectivity index (χ0) is 24.8. The molecule has 0 bridgehead atoms. The molecule has 3 aromatic rings. The van der Waals surface area contributed by atoms with Crippen molar-refractivity contribution in [3.05, 3.63) is 74.0 Å². The standard InChI is InChI=1S/C27H28ClN3O4/c1-31-25-21(4-2-3-11-32)15-20(14-18-9-12-35-13-10-18)16-23(25)26(33)24(30-31)27(34)29-17-19-5-7-22(28)8-6-19/h5-8,15-16,18,32H,3,9-14,17H2,1H3,(H,29,34). The van der Waals surface area contributed by atoms with E-state index in [0.717, 1.165) is 43.6 Å². The van der Waals surface area contributed by atoms with Crippen molar-refractivity contribution < 1.29 is 14.6 Å². The van der Waals surface area contributed by atoms with E-state index < -0.39 is 11.3 Å². The maximum Gasteiger partial charge on any atom is 0.276 e. The molecule has 2 heterocycles. The number of nitrogens with one attached hydrogen (secondary N) is 1. The van der Waals surface area contributed by atoms with Gasteiger partial charge >= 0.3 is 0 Å². The summed E-state index contributed by atoms with van der Waals surface area (Å²) < 4.78 is 7.01. The lowest BCUT2D eigenvalue weighted by molar-refractivity contribution is 0.0665. The number of hydrogen-bond donors (Lipinski definition) is 2. The second-order valence-electron chi connectivity index (χ2n) is 8.69. The highest BCUT2D eigenvalue weighted by molar-refractivity contribution is 6.30. The lowest BCUT2D eigenvalue weighted by atomic mass is 9.91. The van der Waals surface area contributed by atoms with Crippen molar-refractivity contribution in [2.75, 3.05) is 19.8 Å². The third kappa shape index (κ3) is 6.09. The van der Waals surface area contributed by atoms with Gasteiger partial charge in [-0.3, -0.25) is 14.3 Å². The van der Waals surface area contributed by atoms with Crippen molar-refractivity contribution in [2.24, 2.45) is 13.0 Å². The van der Waals surface area contributed by atoms with Crippen LogP contribution in [0.25, 0.3) is 10.9 Å². The number of aryl methyl sites for hydroxylation is 1. The molecule has 0 unspecified atom stereocenters. The first-order valence-corrected chi connectivity index (χ1v) is 12.1. The SMILES string of the molecule is Cn1nc(C(=O)NCc2ccc(Cl)cc2)c(=O)c2cc(CC3CCOCC3)cc(C#CCCO)c21. The molecule has 2 N–H and O–H groups in total. The topological polar surface area (TPSA) is 93.5 Å². The van der Waals surface area contributed by atoms with Crippen molar-refractivity contribution >= 4 is 28.4 Å². The molecule has 4 rings (SSSR count). The molecule has 1 saturated heterocycles. The number of halogens is 1. The Morgan fingerprint density at radius 3 is 2.69 bits per heavy atom. The lowest BCUT2D eigenvalue weighted by Crippen LogP contribution is -2.31. The summed E-state index contributed by atoms with van der Waals surface area (Å²) in [4.78, 5) is 26.4. The molecule has 0 aliphatic carbocycles. The molecule has 1 aromatic heterocycles. The zero-order valence-electron chi connectivity index (χ0n) is 19.6. The minimum absolute atomic E-state index is 0.0399. The van der Waals surface area contributed by atoms with Crippen LogP contribution in [0.3, 0.4) is 0 Å². The van der Waals surface area contributed by atoms with E-state index in [9.17, 15) is 9.59 Å². The van der Waals surface area contributed by atoms with Crippen LogP contribution in [-0.4, -0.2) is 40.6 Å². The predicted molar refractivity (Wildman–Crippen MR) is 135 cm³/mol. The Kier molecular flexibility index (Phi) is 8.19. The fourth-order valence-electron chi connectivity index (χ4n) is 4.32. The highest BCUT2D eigenvalue weighted by atomic mass is 35.5. The number of carbonyl (C=O) groups excluding carboxylic acids is 1. The fraction of sp³-hybridized carbons (Fsp3) is 0.370. The van der Waals surface area contributed by atoms with Gasteiger partial charge in [-0.15, -0.1) is 0 Å². The molecule has 0 spiro atoms. The van der Waals surface area contributed by atoms with Crippen LogP contribution < -0.4 is 10.7 Å². The Hall–Kier alpha value is -3.18. The molecule has 0 saturated carbocycles. The normalized spacial score (nSPS) is 13.9. The van der Waals surface area contributed by atoms with Crippen molar-refractivity contribution in [1.29, 1.82) is 0 Å². The van der Waals surface area contributed by atoms with Gasteiger partial charge in [-0.05, 0) is 60.6 Å². The number of nitrogens with zero attached hydrogens (tertiary/aromatic N) is 2. The Balaban J connectivity index is 1.71. The molecule has 182 valence electrons. The number of aliphatic hydroxyl groups is 1. The number of amides is 1. The number of hydrogen-bond acceptors (Lipinski definition) is 5. The molecule has 2 aromatic carbocycles. The first-order valence-electron chi connectivity index (χ1n) is 11.7. The predicted octanol–water partition coefficient (Wildman–Crippen LogP) is 3.22. The summed E-state index contributed by atoms with van der Waals surface area (Å²) in [6.07, 6.45) is 3.07. The van der Waals surface area contributed by atoms with E-state index >= 15 is 0 Å². The monoisotopic (exact) mass is 493 g/mol. The molecule has 1 aliphatic heterocycles. The van der Waals surface area contributed by atoms with Gasteiger partial charge in [0.05, 0.1) is 23.1 Å². The summed E-state index contributed by atoms with van der Waals surface area (Å²) in [5.41, 5.74) is 2.51. The van der Waals surface area contributed by atoms with E-state index in [1.54, 1.807) is 19.2 Å². The smallest absolute Gasteiger partial charge is 0.276 e. The Labute approximate surface area is 209 Å². The van der Waals surface area contributed by atoms with Crippen LogP contribution in [0.4, 0.5) is 0 Å². The van der Waals surface area contributed by atoms with Crippen molar-refractivity contribution in [3.63, 3.8) is 0 Å². The van der Waals surface area contributed by atoms with Gasteiger partial charge < -0.3 is 15.2 Å². The van der Waals surface area contributed by atoms with Crippen LogP contribution in [0.2, 0.25) is 5.02 Å². The third-order valence-electron chi connectivity index (χ3n) is 6.11. The van der Waals surface area contributed by atoms with Gasteiger partial charge in [0.15, 0.2) is 5.69 Å². The van der Waals surface area contributed by atoms with Gasteiger partial charge in [0, 0.05) is 38.2 Å². The maximum absolute atomic E-state index is 13.4. The van der Waals surface area contributed by atoms with E-state index in [4.69, 9.17) is 21.4 Å². The van der Waals surface area contributed by atoms with Gasteiger partial charge in [0.1, 0.15) is 0 Å². The van der Waals surface area contributed by atoms with Crippen LogP contribution in [-0.2, 0) is 24.8 Å².